The summed E-state index contributed by atoms with van der Waals surface area (Å²) in [4.78, 5) is 8.56. The molecule has 0 spiro atoms. The predicted molar refractivity (Wildman–Crippen MR) is 19.2 cm³/mol. The van der Waals surface area contributed by atoms with Gasteiger partial charge in [0.1, 0.15) is 0 Å². The molecule has 0 amide bonds. The third kappa shape index (κ3) is 47.7. The monoisotopic (exact) mass is 383 g/mol. The average molecular weight is 383 g/mol. The maximum absolute atomic E-state index is 8.56. The number of rotatable bonds is 0. The molecular formula is CH4CaCeLaO3. The van der Waals surface area contributed by atoms with E-state index in [1.807, 2.05) is 0 Å². The Morgan fingerprint density at radius 1 is 1.29 bits per heavy atom. The van der Waals surface area contributed by atoms with E-state index in [0.717, 1.165) is 0 Å². The van der Waals surface area contributed by atoms with Crippen molar-refractivity contribution in [3.8, 4) is 0 Å². The number of carbonyl (C=O) groups is 1. The van der Waals surface area contributed by atoms with Crippen LogP contribution in [0.4, 0.5) is 4.79 Å². The van der Waals surface area contributed by atoms with Crippen molar-refractivity contribution in [2.24, 2.45) is 0 Å². The van der Waals surface area contributed by atoms with E-state index >= 15 is 0 Å². The molecule has 0 heterocycles. The summed E-state index contributed by atoms with van der Waals surface area (Å²) in [6, 6.07) is 0. The summed E-state index contributed by atoms with van der Waals surface area (Å²) in [5, 5.41) is 13.9. The Bertz CT molecular complexity index is 37.9. The van der Waals surface area contributed by atoms with Crippen LogP contribution >= 0.6 is 0 Å². The Labute approximate surface area is 133 Å². The van der Waals surface area contributed by atoms with Gasteiger partial charge in [0.25, 0.3) is 0 Å². The first-order valence-corrected chi connectivity index (χ1v) is 0.651. The molecule has 0 bridgehead atoms. The van der Waals surface area contributed by atoms with Gasteiger partial charge in [-0.1, -0.05) is 0 Å². The van der Waals surface area contributed by atoms with Crippen LogP contribution in [0.5, 0.6) is 0 Å². The van der Waals surface area contributed by atoms with Gasteiger partial charge in [-0.3, -0.25) is 0 Å². The van der Waals surface area contributed by atoms with E-state index in [9.17, 15) is 0 Å². The molecule has 0 aromatic heterocycles. The first-order chi connectivity index (χ1) is 1.73. The van der Waals surface area contributed by atoms with Crippen molar-refractivity contribution in [3.63, 3.8) is 0 Å². The molecule has 2 N–H and O–H groups in total. The second-order valence-corrected chi connectivity index (χ2v) is 0.283. The van der Waals surface area contributed by atoms with E-state index in [-0.39, 0.29) is 115 Å². The third-order valence-corrected chi connectivity index (χ3v) is 0. The maximum Gasteiger partial charge on any atom is 0 e. The zero-order valence-electron chi connectivity index (χ0n) is 2.88. The molecule has 0 rings (SSSR count). The SMILES string of the molecule is O=C(O)O.[CaH2].[Ce].[La]. The Hall–Kier alpha value is 3.10. The van der Waals surface area contributed by atoms with Gasteiger partial charge in [-0.05, 0) is 0 Å². The molecular weight excluding hydrogens is 379 g/mol. The fourth-order valence-electron chi connectivity index (χ4n) is 0. The largest absolute Gasteiger partial charge is 0 e. The van der Waals surface area contributed by atoms with Crippen LogP contribution < -0.4 is 0 Å². The minimum Gasteiger partial charge on any atom is 0 e. The number of hydrogen-bond donors (Lipinski definition) is 2. The molecule has 0 aliphatic carbocycles. The summed E-state index contributed by atoms with van der Waals surface area (Å²) in [6.45, 7) is 0. The van der Waals surface area contributed by atoms with Crippen LogP contribution in [0, 0.1) is 77.3 Å². The Morgan fingerprint density at radius 2 is 1.29 bits per heavy atom. The molecule has 3 nitrogen and oxygen atoms in total. The topological polar surface area (TPSA) is 57.5 Å². The van der Waals surface area contributed by atoms with E-state index in [1.165, 1.54) is 0 Å². The number of hydrogen-bond acceptors (Lipinski definition) is 1. The molecule has 0 fully saturated rings. The molecule has 0 saturated heterocycles. The average Bonchev–Trinajstić information content (AvgIpc) is 0.811. The van der Waals surface area contributed by atoms with E-state index in [4.69, 9.17) is 15.0 Å². The van der Waals surface area contributed by atoms with Gasteiger partial charge in [0.05, 0.1) is 0 Å². The van der Waals surface area contributed by atoms with Gasteiger partial charge < -0.3 is 10.2 Å². The summed E-state index contributed by atoms with van der Waals surface area (Å²) in [7, 11) is 0. The summed E-state index contributed by atoms with van der Waals surface area (Å²) in [5.74, 6) is 0. The van der Waals surface area contributed by atoms with Crippen molar-refractivity contribution in [2.75, 3.05) is 0 Å². The van der Waals surface area contributed by atoms with Crippen molar-refractivity contribution in [2.45, 2.75) is 0 Å². The molecule has 0 atom stereocenters. The zero-order chi connectivity index (χ0) is 3.58. The van der Waals surface area contributed by atoms with Crippen LogP contribution in [0.1, 0.15) is 0 Å². The summed E-state index contributed by atoms with van der Waals surface area (Å²) < 4.78 is 0. The standard InChI is InChI=1S/CH2O3.Ca.Ce.La.2H/c2-1(3)4;;;;;/h(H2,2,3,4);;;;;. The second kappa shape index (κ2) is 16.0. The van der Waals surface area contributed by atoms with Crippen LogP contribution in [0.2, 0.25) is 0 Å². The van der Waals surface area contributed by atoms with E-state index in [1.54, 1.807) is 0 Å². The smallest absolute Gasteiger partial charge is 0 e. The van der Waals surface area contributed by atoms with Gasteiger partial charge in [0.15, 0.2) is 0 Å². The molecule has 7 heavy (non-hydrogen) atoms. The van der Waals surface area contributed by atoms with E-state index in [0.29, 0.717) is 0 Å². The fraction of sp³-hybridized carbons (Fsp3) is 0. The molecule has 1 radical (unpaired) electrons. The normalized spacial score (nSPS) is 3.43. The minimum absolute atomic E-state index is 0. The summed E-state index contributed by atoms with van der Waals surface area (Å²) in [6.07, 6.45) is -1.83. The quantitative estimate of drug-likeness (QED) is 0.545. The van der Waals surface area contributed by atoms with Crippen molar-refractivity contribution in [1.82, 2.24) is 0 Å². The van der Waals surface area contributed by atoms with E-state index in [2.05, 4.69) is 0 Å². The van der Waals surface area contributed by atoms with Crippen LogP contribution in [-0.2, 0) is 0 Å². The van der Waals surface area contributed by atoms with Crippen molar-refractivity contribution >= 4 is 43.9 Å². The predicted octanol–water partition coefficient (Wildman–Crippen LogP) is -0.694. The van der Waals surface area contributed by atoms with Gasteiger partial charge in [0.2, 0.25) is 0 Å². The van der Waals surface area contributed by atoms with Gasteiger partial charge in [-0.25, -0.2) is 4.79 Å². The maximum atomic E-state index is 8.56. The molecule has 0 unspecified atom stereocenters. The summed E-state index contributed by atoms with van der Waals surface area (Å²) >= 11 is 0. The van der Waals surface area contributed by atoms with Crippen LogP contribution in [0.15, 0.2) is 0 Å². The van der Waals surface area contributed by atoms with Gasteiger partial charge in [-0.15, -0.1) is 0 Å². The molecule has 0 saturated carbocycles. The van der Waals surface area contributed by atoms with Gasteiger partial charge in [0, 0.05) is 77.3 Å². The summed E-state index contributed by atoms with van der Waals surface area (Å²) in [5.41, 5.74) is 0. The number of carboxylic acid groups (broad SMARTS) is 2. The first-order valence-electron chi connectivity index (χ1n) is 0.651. The van der Waals surface area contributed by atoms with Crippen LogP contribution in [0.3, 0.4) is 0 Å². The van der Waals surface area contributed by atoms with Gasteiger partial charge >= 0.3 is 43.9 Å². The molecule has 0 aromatic carbocycles. The molecule has 0 aliphatic rings. The van der Waals surface area contributed by atoms with Crippen LogP contribution in [0.25, 0.3) is 0 Å². The van der Waals surface area contributed by atoms with Crippen molar-refractivity contribution in [3.05, 3.63) is 0 Å². The van der Waals surface area contributed by atoms with Gasteiger partial charge in [-0.2, -0.15) is 0 Å². The molecule has 6 heteroatoms. The fourth-order valence-corrected chi connectivity index (χ4v) is 0. The molecule has 35 valence electrons. The Morgan fingerprint density at radius 3 is 1.29 bits per heavy atom. The van der Waals surface area contributed by atoms with Crippen molar-refractivity contribution < 1.29 is 92.4 Å². The Kier molecular flexibility index (Phi) is 51.5. The zero-order valence-corrected chi connectivity index (χ0v) is 9.65. The van der Waals surface area contributed by atoms with Crippen molar-refractivity contribution in [1.29, 1.82) is 0 Å². The molecule has 0 aliphatic heterocycles. The van der Waals surface area contributed by atoms with Crippen LogP contribution in [-0.4, -0.2) is 54.1 Å². The minimum atomic E-state index is -1.83. The molecule has 0 aromatic rings. The second-order valence-electron chi connectivity index (χ2n) is 0.283. The first kappa shape index (κ1) is 22.5. The van der Waals surface area contributed by atoms with E-state index < -0.39 is 6.16 Å². The third-order valence-electron chi connectivity index (χ3n) is 0. The Balaban J connectivity index is -0.0000000150.